The van der Waals surface area contributed by atoms with Crippen molar-refractivity contribution in [2.75, 3.05) is 39.2 Å². The molecule has 5 nitrogen and oxygen atoms in total. The van der Waals surface area contributed by atoms with Crippen LogP contribution in [0.25, 0.3) is 10.8 Å². The average molecular weight is 302 g/mol. The number of aliphatic hydroxyl groups excluding tert-OH is 1. The van der Waals surface area contributed by atoms with Gasteiger partial charge in [0, 0.05) is 24.7 Å². The summed E-state index contributed by atoms with van der Waals surface area (Å²) in [6.45, 7) is 0.857. The highest BCUT2D eigenvalue weighted by Crippen LogP contribution is 2.22. The van der Waals surface area contributed by atoms with Crippen LogP contribution in [0.4, 0.5) is 5.69 Å². The first-order valence-electron chi connectivity index (χ1n) is 7.23. The molecule has 0 aliphatic heterocycles. The third kappa shape index (κ3) is 4.53. The van der Waals surface area contributed by atoms with Crippen LogP contribution in [0, 0.1) is 0 Å². The van der Waals surface area contributed by atoms with E-state index in [-0.39, 0.29) is 19.1 Å². The molecule has 2 aromatic carbocycles. The molecule has 0 heterocycles. The van der Waals surface area contributed by atoms with Gasteiger partial charge in [0.1, 0.15) is 0 Å². The number of hydrogen-bond acceptors (Lipinski definition) is 4. The molecule has 0 aromatic heterocycles. The molecular formula is C17H22N2O3. The van der Waals surface area contributed by atoms with Crippen molar-refractivity contribution in [3.05, 3.63) is 42.5 Å². The van der Waals surface area contributed by atoms with Crippen LogP contribution in [0.15, 0.2) is 42.5 Å². The number of benzene rings is 2. The number of carbonyl (C=O) groups excluding carboxylic acids is 1. The Bertz CT molecular complexity index is 625. The van der Waals surface area contributed by atoms with Gasteiger partial charge in [-0.25, -0.2) is 0 Å². The number of ether oxygens (including phenoxy) is 1. The number of likely N-dealkylation sites (N-methyl/N-ethyl adjacent to an activating group) is 1. The van der Waals surface area contributed by atoms with E-state index in [1.165, 1.54) is 7.11 Å². The molecule has 0 spiro atoms. The van der Waals surface area contributed by atoms with Gasteiger partial charge in [-0.3, -0.25) is 9.69 Å². The molecule has 0 aliphatic rings. The Morgan fingerprint density at radius 1 is 1.27 bits per heavy atom. The molecule has 2 rings (SSSR count). The molecule has 0 radical (unpaired) electrons. The van der Waals surface area contributed by atoms with E-state index in [2.05, 4.69) is 5.32 Å². The van der Waals surface area contributed by atoms with E-state index in [1.807, 2.05) is 42.5 Å². The van der Waals surface area contributed by atoms with E-state index in [0.29, 0.717) is 6.54 Å². The highest BCUT2D eigenvalue weighted by Gasteiger charge is 2.12. The van der Waals surface area contributed by atoms with E-state index in [9.17, 15) is 9.90 Å². The van der Waals surface area contributed by atoms with Crippen LogP contribution in [-0.4, -0.2) is 55.9 Å². The van der Waals surface area contributed by atoms with Gasteiger partial charge >= 0.3 is 0 Å². The van der Waals surface area contributed by atoms with E-state index in [0.717, 1.165) is 16.5 Å². The Morgan fingerprint density at radius 2 is 2.00 bits per heavy atom. The summed E-state index contributed by atoms with van der Waals surface area (Å²) in [6, 6.07) is 13.7. The quantitative estimate of drug-likeness (QED) is 0.817. The second-order valence-electron chi connectivity index (χ2n) is 5.38. The summed E-state index contributed by atoms with van der Waals surface area (Å²) >= 11 is 0. The maximum absolute atomic E-state index is 12.1. The number of amides is 1. The lowest BCUT2D eigenvalue weighted by atomic mass is 10.1. The summed E-state index contributed by atoms with van der Waals surface area (Å²) in [5.41, 5.74) is 0.800. The van der Waals surface area contributed by atoms with Crippen LogP contribution in [0.2, 0.25) is 0 Å². The summed E-state index contributed by atoms with van der Waals surface area (Å²) in [6.07, 6.45) is -0.597. The Kier molecular flexibility index (Phi) is 5.89. The molecule has 118 valence electrons. The van der Waals surface area contributed by atoms with Crippen LogP contribution < -0.4 is 5.32 Å². The number of carbonyl (C=O) groups is 1. The van der Waals surface area contributed by atoms with Crippen molar-refractivity contribution in [3.8, 4) is 0 Å². The van der Waals surface area contributed by atoms with Crippen LogP contribution in [0.1, 0.15) is 0 Å². The lowest BCUT2D eigenvalue weighted by Gasteiger charge is -2.19. The van der Waals surface area contributed by atoms with Crippen LogP contribution in [0.5, 0.6) is 0 Å². The van der Waals surface area contributed by atoms with Crippen molar-refractivity contribution >= 4 is 22.4 Å². The van der Waals surface area contributed by atoms with Gasteiger partial charge in [0.2, 0.25) is 5.91 Å². The van der Waals surface area contributed by atoms with E-state index in [4.69, 9.17) is 4.74 Å². The minimum atomic E-state index is -0.597. The van der Waals surface area contributed by atoms with Crippen molar-refractivity contribution < 1.29 is 14.6 Å². The standard InChI is InChI=1S/C17H22N2O3/c1-19(10-14(20)12-22-2)11-17(21)18-16-9-5-7-13-6-3-4-8-15(13)16/h3-9,14,20H,10-12H2,1-2H3,(H,18,21). The average Bonchev–Trinajstić information content (AvgIpc) is 2.47. The minimum Gasteiger partial charge on any atom is -0.389 e. The molecule has 22 heavy (non-hydrogen) atoms. The Labute approximate surface area is 130 Å². The molecule has 2 N–H and O–H groups in total. The number of fused-ring (bicyclic) bond motifs is 1. The zero-order valence-electron chi connectivity index (χ0n) is 13.0. The van der Waals surface area contributed by atoms with E-state index < -0.39 is 6.10 Å². The van der Waals surface area contributed by atoms with Gasteiger partial charge in [-0.15, -0.1) is 0 Å². The normalized spacial score (nSPS) is 12.5. The topological polar surface area (TPSA) is 61.8 Å². The second-order valence-corrected chi connectivity index (χ2v) is 5.38. The maximum atomic E-state index is 12.1. The lowest BCUT2D eigenvalue weighted by Crippen LogP contribution is -2.37. The Balaban J connectivity index is 1.96. The van der Waals surface area contributed by atoms with Crippen molar-refractivity contribution in [1.29, 1.82) is 0 Å². The number of aliphatic hydroxyl groups is 1. The molecule has 0 saturated heterocycles. The molecule has 0 aliphatic carbocycles. The molecule has 0 saturated carbocycles. The highest BCUT2D eigenvalue weighted by molar-refractivity contribution is 6.02. The second kappa shape index (κ2) is 7.89. The smallest absolute Gasteiger partial charge is 0.238 e. The minimum absolute atomic E-state index is 0.108. The predicted octanol–water partition coefficient (Wildman–Crippen LogP) is 1.72. The molecule has 1 amide bonds. The zero-order valence-corrected chi connectivity index (χ0v) is 13.0. The number of nitrogens with zero attached hydrogens (tertiary/aromatic N) is 1. The fraction of sp³-hybridized carbons (Fsp3) is 0.353. The molecule has 0 fully saturated rings. The monoisotopic (exact) mass is 302 g/mol. The third-order valence-electron chi connectivity index (χ3n) is 3.36. The summed E-state index contributed by atoms with van der Waals surface area (Å²) in [5, 5.41) is 14.7. The van der Waals surface area contributed by atoms with Crippen molar-refractivity contribution in [2.45, 2.75) is 6.10 Å². The number of anilines is 1. The summed E-state index contributed by atoms with van der Waals surface area (Å²) in [5.74, 6) is -0.108. The zero-order chi connectivity index (χ0) is 15.9. The number of nitrogens with one attached hydrogen (secondary N) is 1. The molecule has 5 heteroatoms. The van der Waals surface area contributed by atoms with E-state index in [1.54, 1.807) is 11.9 Å². The lowest BCUT2D eigenvalue weighted by molar-refractivity contribution is -0.117. The van der Waals surface area contributed by atoms with Crippen LogP contribution >= 0.6 is 0 Å². The maximum Gasteiger partial charge on any atom is 0.238 e. The third-order valence-corrected chi connectivity index (χ3v) is 3.36. The molecular weight excluding hydrogens is 280 g/mol. The largest absolute Gasteiger partial charge is 0.389 e. The molecule has 1 unspecified atom stereocenters. The van der Waals surface area contributed by atoms with E-state index >= 15 is 0 Å². The predicted molar refractivity (Wildman–Crippen MR) is 88.0 cm³/mol. The Hall–Kier alpha value is -1.95. The number of hydrogen-bond donors (Lipinski definition) is 2. The van der Waals surface area contributed by atoms with Gasteiger partial charge in [-0.05, 0) is 18.5 Å². The fourth-order valence-corrected chi connectivity index (χ4v) is 2.44. The number of methoxy groups -OCH3 is 1. The first kappa shape index (κ1) is 16.4. The van der Waals surface area contributed by atoms with Gasteiger partial charge in [-0.1, -0.05) is 36.4 Å². The van der Waals surface area contributed by atoms with Gasteiger partial charge in [0.05, 0.1) is 19.3 Å². The van der Waals surface area contributed by atoms with Crippen LogP contribution in [0.3, 0.4) is 0 Å². The first-order chi connectivity index (χ1) is 10.6. The Morgan fingerprint density at radius 3 is 2.77 bits per heavy atom. The molecule has 0 bridgehead atoms. The van der Waals surface area contributed by atoms with Gasteiger partial charge < -0.3 is 15.2 Å². The summed E-state index contributed by atoms with van der Waals surface area (Å²) < 4.78 is 4.88. The van der Waals surface area contributed by atoms with Crippen molar-refractivity contribution in [2.24, 2.45) is 0 Å². The number of rotatable bonds is 7. The van der Waals surface area contributed by atoms with Gasteiger partial charge in [-0.2, -0.15) is 0 Å². The molecule has 1 atom stereocenters. The van der Waals surface area contributed by atoms with Gasteiger partial charge in [0.15, 0.2) is 0 Å². The van der Waals surface area contributed by atoms with Crippen molar-refractivity contribution in [1.82, 2.24) is 4.90 Å². The highest BCUT2D eigenvalue weighted by atomic mass is 16.5. The van der Waals surface area contributed by atoms with Gasteiger partial charge in [0.25, 0.3) is 0 Å². The van der Waals surface area contributed by atoms with Crippen molar-refractivity contribution in [3.63, 3.8) is 0 Å². The summed E-state index contributed by atoms with van der Waals surface area (Å²) in [7, 11) is 3.33. The molecule has 2 aromatic rings. The van der Waals surface area contributed by atoms with Crippen LogP contribution in [-0.2, 0) is 9.53 Å². The fourth-order valence-electron chi connectivity index (χ4n) is 2.44. The first-order valence-corrected chi connectivity index (χ1v) is 7.23. The summed E-state index contributed by atoms with van der Waals surface area (Å²) in [4.78, 5) is 13.9. The SMILES string of the molecule is COCC(O)CN(C)CC(=O)Nc1cccc2ccccc12.